The Morgan fingerprint density at radius 3 is 2.82 bits per heavy atom. The van der Waals surface area contributed by atoms with Crippen molar-refractivity contribution in [3.8, 4) is 0 Å². The highest BCUT2D eigenvalue weighted by atomic mass is 79.9. The Labute approximate surface area is 117 Å². The minimum absolute atomic E-state index is 0.174. The molecule has 0 aliphatic carbocycles. The third kappa shape index (κ3) is 4.76. The fourth-order valence-electron chi connectivity index (χ4n) is 1.29. The van der Waals surface area contributed by atoms with Crippen molar-refractivity contribution in [1.29, 1.82) is 0 Å². The summed E-state index contributed by atoms with van der Waals surface area (Å²) < 4.78 is 13.3. The van der Waals surface area contributed by atoms with Crippen molar-refractivity contribution in [3.63, 3.8) is 0 Å². The lowest BCUT2D eigenvalue weighted by atomic mass is 10.1. The molecule has 94 valence electrons. The van der Waals surface area contributed by atoms with E-state index < -0.39 is 0 Å². The molecule has 0 aromatic heterocycles. The molecule has 0 bridgehead atoms. The third-order valence-corrected chi connectivity index (χ3v) is 3.46. The topological polar surface area (TPSA) is 29.1 Å². The number of nitrogens with one attached hydrogen (secondary N) is 1. The lowest BCUT2D eigenvalue weighted by Crippen LogP contribution is -2.28. The van der Waals surface area contributed by atoms with E-state index in [4.69, 9.17) is 0 Å². The van der Waals surface area contributed by atoms with Crippen molar-refractivity contribution in [1.82, 2.24) is 5.32 Å². The van der Waals surface area contributed by atoms with Crippen molar-refractivity contribution in [2.24, 2.45) is 5.92 Å². The van der Waals surface area contributed by atoms with Gasteiger partial charge in [-0.1, -0.05) is 22.9 Å². The van der Waals surface area contributed by atoms with E-state index in [2.05, 4.69) is 44.1 Å². The number of hydrogen-bond donors (Lipinski definition) is 1. The molecule has 0 saturated carbocycles. The van der Waals surface area contributed by atoms with Gasteiger partial charge in [0.25, 0.3) is 5.91 Å². The Kier molecular flexibility index (Phi) is 6.12. The minimum Gasteiger partial charge on any atom is -0.352 e. The summed E-state index contributed by atoms with van der Waals surface area (Å²) in [4.78, 5) is 11.8. The van der Waals surface area contributed by atoms with Crippen LogP contribution in [0.5, 0.6) is 0 Å². The van der Waals surface area contributed by atoms with E-state index in [0.717, 1.165) is 11.8 Å². The highest BCUT2D eigenvalue weighted by Gasteiger charge is 2.09. The van der Waals surface area contributed by atoms with Crippen molar-refractivity contribution in [2.75, 3.05) is 11.9 Å². The molecule has 0 aliphatic rings. The van der Waals surface area contributed by atoms with Gasteiger partial charge in [0.15, 0.2) is 0 Å². The molecule has 0 radical (unpaired) electrons. The summed E-state index contributed by atoms with van der Waals surface area (Å²) in [7, 11) is 0. The van der Waals surface area contributed by atoms with Gasteiger partial charge in [-0.3, -0.25) is 4.79 Å². The van der Waals surface area contributed by atoms with E-state index in [-0.39, 0.29) is 11.7 Å². The number of alkyl halides is 1. The van der Waals surface area contributed by atoms with Crippen molar-refractivity contribution < 1.29 is 9.18 Å². The van der Waals surface area contributed by atoms with Crippen LogP contribution in [0.2, 0.25) is 0 Å². The molecule has 0 aliphatic heterocycles. The lowest BCUT2D eigenvalue weighted by Gasteiger charge is -2.11. The van der Waals surface area contributed by atoms with Crippen LogP contribution in [0, 0.1) is 11.7 Å². The van der Waals surface area contributed by atoms with Crippen LogP contribution in [0.3, 0.4) is 0 Å². The van der Waals surface area contributed by atoms with E-state index in [9.17, 15) is 9.18 Å². The Bertz CT molecular complexity index is 398. The number of carbonyl (C=O) groups is 1. The van der Waals surface area contributed by atoms with Gasteiger partial charge in [0.2, 0.25) is 0 Å². The summed E-state index contributed by atoms with van der Waals surface area (Å²) in [5.74, 6) is -0.122. The molecule has 0 saturated heterocycles. The maximum absolute atomic E-state index is 13.0. The summed E-state index contributed by atoms with van der Waals surface area (Å²) in [5, 5.41) is 3.75. The van der Waals surface area contributed by atoms with Crippen molar-refractivity contribution in [2.45, 2.75) is 13.3 Å². The van der Waals surface area contributed by atoms with Crippen molar-refractivity contribution in [3.05, 3.63) is 34.1 Å². The van der Waals surface area contributed by atoms with E-state index >= 15 is 0 Å². The zero-order valence-electron chi connectivity index (χ0n) is 9.47. The smallest absolute Gasteiger partial charge is 0.251 e. The quantitative estimate of drug-likeness (QED) is 0.790. The molecule has 17 heavy (non-hydrogen) atoms. The number of amides is 1. The second-order valence-electron chi connectivity index (χ2n) is 3.92. The molecule has 0 fully saturated rings. The molecule has 1 N–H and O–H groups in total. The summed E-state index contributed by atoms with van der Waals surface area (Å²) in [5.41, 5.74) is 0.462. The molecule has 0 heterocycles. The molecule has 1 rings (SSSR count). The van der Waals surface area contributed by atoms with E-state index in [1.54, 1.807) is 0 Å². The zero-order valence-corrected chi connectivity index (χ0v) is 12.6. The van der Waals surface area contributed by atoms with E-state index in [1.165, 1.54) is 18.2 Å². The fraction of sp³-hybridized carbons (Fsp3) is 0.417. The highest BCUT2D eigenvalue weighted by Crippen LogP contribution is 2.16. The van der Waals surface area contributed by atoms with Crippen LogP contribution in [0.15, 0.2) is 22.7 Å². The van der Waals surface area contributed by atoms with E-state index in [1.807, 2.05) is 0 Å². The van der Waals surface area contributed by atoms with Gasteiger partial charge in [-0.15, -0.1) is 0 Å². The Hall–Kier alpha value is -0.420. The standard InChI is InChI=1S/C12H14Br2FNO/c1-8(4-5-13)7-16-12(17)9-2-3-11(15)10(14)6-9/h2-3,6,8H,4-5,7H2,1H3,(H,16,17). The predicted molar refractivity (Wildman–Crippen MR) is 74.0 cm³/mol. The second kappa shape index (κ2) is 7.11. The molecule has 5 heteroatoms. The molecule has 0 spiro atoms. The predicted octanol–water partition coefficient (Wildman–Crippen LogP) is 3.74. The van der Waals surface area contributed by atoms with Crippen molar-refractivity contribution >= 4 is 37.8 Å². The van der Waals surface area contributed by atoms with Gasteiger partial charge in [-0.05, 0) is 46.5 Å². The van der Waals surface area contributed by atoms with E-state index in [0.29, 0.717) is 22.5 Å². The Morgan fingerprint density at radius 2 is 2.24 bits per heavy atom. The zero-order chi connectivity index (χ0) is 12.8. The molecular formula is C12H14Br2FNO. The maximum atomic E-state index is 13.0. The first-order chi connectivity index (χ1) is 8.04. The van der Waals surface area contributed by atoms with Gasteiger partial charge >= 0.3 is 0 Å². The SMILES string of the molecule is CC(CCBr)CNC(=O)c1ccc(F)c(Br)c1. The Morgan fingerprint density at radius 1 is 1.53 bits per heavy atom. The normalized spacial score (nSPS) is 12.2. The minimum atomic E-state index is -0.366. The van der Waals surface area contributed by atoms with Crippen LogP contribution >= 0.6 is 31.9 Å². The van der Waals surface area contributed by atoms with Gasteiger partial charge < -0.3 is 5.32 Å². The fourth-order valence-corrected chi connectivity index (χ4v) is 2.46. The number of halogens is 3. The average molecular weight is 367 g/mol. The largest absolute Gasteiger partial charge is 0.352 e. The van der Waals surface area contributed by atoms with Gasteiger partial charge in [0.1, 0.15) is 5.82 Å². The average Bonchev–Trinajstić information content (AvgIpc) is 2.30. The van der Waals surface area contributed by atoms with Crippen LogP contribution in [0.4, 0.5) is 4.39 Å². The number of hydrogen-bond acceptors (Lipinski definition) is 1. The first-order valence-corrected chi connectivity index (χ1v) is 7.25. The molecular weight excluding hydrogens is 353 g/mol. The van der Waals surface area contributed by atoms with Gasteiger partial charge in [0.05, 0.1) is 4.47 Å². The first-order valence-electron chi connectivity index (χ1n) is 5.33. The summed E-state index contributed by atoms with van der Waals surface area (Å²) in [6, 6.07) is 4.24. The molecule has 1 unspecified atom stereocenters. The number of benzene rings is 1. The molecule has 1 amide bonds. The monoisotopic (exact) mass is 365 g/mol. The Balaban J connectivity index is 2.55. The molecule has 1 atom stereocenters. The molecule has 2 nitrogen and oxygen atoms in total. The van der Waals surface area contributed by atoms with Gasteiger partial charge in [-0.25, -0.2) is 4.39 Å². The second-order valence-corrected chi connectivity index (χ2v) is 5.57. The lowest BCUT2D eigenvalue weighted by molar-refractivity contribution is 0.0948. The van der Waals surface area contributed by atoms with Crippen LogP contribution in [-0.2, 0) is 0 Å². The first kappa shape index (κ1) is 14.6. The maximum Gasteiger partial charge on any atom is 0.251 e. The highest BCUT2D eigenvalue weighted by molar-refractivity contribution is 9.10. The van der Waals surface area contributed by atoms with Crippen LogP contribution in [0.25, 0.3) is 0 Å². The number of rotatable bonds is 5. The summed E-state index contributed by atoms with van der Waals surface area (Å²) in [6.45, 7) is 2.70. The van der Waals surface area contributed by atoms with Gasteiger partial charge in [0, 0.05) is 17.4 Å². The molecule has 1 aromatic rings. The van der Waals surface area contributed by atoms with Crippen LogP contribution < -0.4 is 5.32 Å². The molecule has 1 aromatic carbocycles. The summed E-state index contributed by atoms with van der Waals surface area (Å²) in [6.07, 6.45) is 1.01. The van der Waals surface area contributed by atoms with Crippen LogP contribution in [0.1, 0.15) is 23.7 Å². The van der Waals surface area contributed by atoms with Gasteiger partial charge in [-0.2, -0.15) is 0 Å². The van der Waals surface area contributed by atoms with Crippen LogP contribution in [-0.4, -0.2) is 17.8 Å². The third-order valence-electron chi connectivity index (χ3n) is 2.39. The number of carbonyl (C=O) groups excluding carboxylic acids is 1. The summed E-state index contributed by atoms with van der Waals surface area (Å²) >= 11 is 6.42.